The van der Waals surface area contributed by atoms with Crippen molar-refractivity contribution < 1.29 is 93.2 Å². The second-order valence-electron chi connectivity index (χ2n) is 18.0. The van der Waals surface area contributed by atoms with Gasteiger partial charge in [0.2, 0.25) is 11.9 Å². The van der Waals surface area contributed by atoms with E-state index in [0.29, 0.717) is 86.1 Å². The highest BCUT2D eigenvalue weighted by Crippen LogP contribution is 2.42. The van der Waals surface area contributed by atoms with Crippen molar-refractivity contribution in [2.24, 2.45) is 0 Å². The predicted octanol–water partition coefficient (Wildman–Crippen LogP) is 13.3. The van der Waals surface area contributed by atoms with Gasteiger partial charge in [-0.05, 0) is 83.9 Å². The summed E-state index contributed by atoms with van der Waals surface area (Å²) in [6.45, 7) is -1.18. The van der Waals surface area contributed by atoms with E-state index in [1.165, 1.54) is 24.8 Å². The molecule has 0 atom stereocenters. The van der Waals surface area contributed by atoms with Crippen LogP contribution in [0.4, 0.5) is 102 Å². The fraction of sp³-hybridized carbons (Fsp3) is 0.360. The van der Waals surface area contributed by atoms with Gasteiger partial charge in [0.15, 0.2) is 0 Å². The zero-order valence-corrected chi connectivity index (χ0v) is 40.3. The monoisotopic (exact) mass is 1140 g/mol. The van der Waals surface area contributed by atoms with Crippen LogP contribution in [-0.2, 0) is 72.7 Å². The summed E-state index contributed by atoms with van der Waals surface area (Å²) in [6.07, 6.45) is -26.6. The lowest BCUT2D eigenvalue weighted by molar-refractivity contribution is -0.144. The molecule has 0 spiro atoms. The zero-order chi connectivity index (χ0) is 57.3. The van der Waals surface area contributed by atoms with Crippen LogP contribution in [0.25, 0.3) is 0 Å². The Hall–Kier alpha value is -7.30. The Labute approximate surface area is 436 Å². The number of hydrogen-bond donors (Lipinski definition) is 0. The van der Waals surface area contributed by atoms with Gasteiger partial charge in [0.25, 0.3) is 0 Å². The molecule has 11 nitrogen and oxygen atoms in total. The van der Waals surface area contributed by atoms with Crippen LogP contribution in [0.2, 0.25) is 0 Å². The second-order valence-corrected chi connectivity index (χ2v) is 18.0. The normalized spacial score (nSPS) is 15.1. The lowest BCUT2D eigenvalue weighted by Gasteiger charge is -2.29. The third-order valence-electron chi connectivity index (χ3n) is 12.3. The Morgan fingerprint density at radius 3 is 0.949 bits per heavy atom. The molecule has 4 heterocycles. The molecule has 2 saturated heterocycles. The molecule has 0 amide bonds. The molecule has 6 aromatic rings. The molecule has 79 heavy (non-hydrogen) atoms. The summed E-state index contributed by atoms with van der Waals surface area (Å²) in [5, 5.41) is 0. The Morgan fingerprint density at radius 1 is 0.380 bits per heavy atom. The maximum atomic E-state index is 14.5. The van der Waals surface area contributed by atoms with Crippen molar-refractivity contribution in [2.75, 3.05) is 72.2 Å². The molecule has 424 valence electrons. The van der Waals surface area contributed by atoms with Crippen LogP contribution >= 0.6 is 0 Å². The van der Waals surface area contributed by atoms with E-state index in [2.05, 4.69) is 19.9 Å². The van der Waals surface area contributed by atoms with Gasteiger partial charge in [0.1, 0.15) is 11.5 Å². The van der Waals surface area contributed by atoms with Crippen molar-refractivity contribution >= 4 is 23.3 Å². The van der Waals surface area contributed by atoms with Crippen LogP contribution in [0.1, 0.15) is 55.6 Å². The Bertz CT molecular complexity index is 2790. The zero-order valence-electron chi connectivity index (χ0n) is 40.3. The van der Waals surface area contributed by atoms with Crippen molar-refractivity contribution in [1.82, 2.24) is 19.9 Å². The summed E-state index contributed by atoms with van der Waals surface area (Å²) in [4.78, 5) is 22.4. The molecule has 2 aliphatic rings. The predicted molar refractivity (Wildman–Crippen MR) is 246 cm³/mol. The third-order valence-corrected chi connectivity index (χ3v) is 12.3. The molecule has 2 aromatic heterocycles. The van der Waals surface area contributed by atoms with Crippen molar-refractivity contribution in [3.8, 4) is 11.5 Å². The van der Waals surface area contributed by atoms with Crippen molar-refractivity contribution in [3.05, 3.63) is 153 Å². The minimum absolute atomic E-state index is 0.144. The smallest absolute Gasteiger partial charge is 0.416 e. The highest BCUT2D eigenvalue weighted by molar-refractivity contribution is 5.52. The minimum Gasteiger partial charge on any atom is -0.457 e. The van der Waals surface area contributed by atoms with E-state index in [4.69, 9.17) is 14.2 Å². The topological polar surface area (TPSA) is 92.2 Å². The van der Waals surface area contributed by atoms with Crippen LogP contribution in [0.5, 0.6) is 11.5 Å². The molecule has 0 aliphatic carbocycles. The number of benzene rings is 4. The fourth-order valence-electron chi connectivity index (χ4n) is 8.47. The first-order valence-corrected chi connectivity index (χ1v) is 23.3. The van der Waals surface area contributed by atoms with Gasteiger partial charge in [-0.15, -0.1) is 0 Å². The lowest BCUT2D eigenvalue weighted by Crippen LogP contribution is -2.36. The number of halogens is 18. The molecular weight excluding hydrogens is 1100 g/mol. The Kier molecular flexibility index (Phi) is 16.4. The van der Waals surface area contributed by atoms with E-state index < -0.39 is 142 Å². The first-order chi connectivity index (χ1) is 36.9. The van der Waals surface area contributed by atoms with Crippen LogP contribution in [0, 0.1) is 0 Å². The third kappa shape index (κ3) is 14.7. The summed E-state index contributed by atoms with van der Waals surface area (Å²) < 4.78 is 273. The summed E-state index contributed by atoms with van der Waals surface area (Å²) in [7, 11) is 0. The molecule has 0 unspecified atom stereocenters. The van der Waals surface area contributed by atoms with Crippen LogP contribution < -0.4 is 24.3 Å². The summed E-state index contributed by atoms with van der Waals surface area (Å²) in [5.74, 6) is -2.09. The fourth-order valence-corrected chi connectivity index (χ4v) is 8.47. The first kappa shape index (κ1) is 57.9. The molecule has 0 bridgehead atoms. The Balaban J connectivity index is 1.24. The largest absolute Gasteiger partial charge is 0.457 e. The molecule has 0 N–H and O–H groups in total. The van der Waals surface area contributed by atoms with E-state index in [9.17, 15) is 79.0 Å². The molecule has 0 radical (unpaired) electrons. The average Bonchev–Trinajstić information content (AvgIpc) is 3.39. The first-order valence-electron chi connectivity index (χ1n) is 23.3. The van der Waals surface area contributed by atoms with E-state index in [1.807, 2.05) is 0 Å². The highest BCUT2D eigenvalue weighted by atomic mass is 19.4. The SMILES string of the molecule is FC(F)(F)c1cc(CN(Cc2cc(C(F)(F)F)ccc2Oc2ccc(C(F)(F)F)cc2CN(Cc2cc(C(F)(F)F)cc(C(F)(F)F)c2)c2ncc(N3CCOCC3)cn2)c2ncc(N3CCOCC3)cn2)cc(C(F)(F)F)c1. The lowest BCUT2D eigenvalue weighted by atomic mass is 10.0. The van der Waals surface area contributed by atoms with Crippen molar-refractivity contribution in [3.63, 3.8) is 0 Å². The second kappa shape index (κ2) is 22.4. The molecule has 2 fully saturated rings. The summed E-state index contributed by atoms with van der Waals surface area (Å²) >= 11 is 0. The van der Waals surface area contributed by atoms with Crippen LogP contribution in [0.15, 0.2) is 97.6 Å². The quantitative estimate of drug-likeness (QED) is 0.0977. The van der Waals surface area contributed by atoms with Gasteiger partial charge >= 0.3 is 37.1 Å². The van der Waals surface area contributed by atoms with E-state index in [0.717, 1.165) is 21.9 Å². The van der Waals surface area contributed by atoms with Crippen LogP contribution in [-0.4, -0.2) is 72.5 Å². The number of hydrogen-bond acceptors (Lipinski definition) is 11. The molecule has 29 heteroatoms. The van der Waals surface area contributed by atoms with Gasteiger partial charge in [0, 0.05) is 63.5 Å². The van der Waals surface area contributed by atoms with E-state index in [-0.39, 0.29) is 38.6 Å². The van der Waals surface area contributed by atoms with Gasteiger partial charge in [-0.1, -0.05) is 0 Å². The number of nitrogens with zero attached hydrogens (tertiary/aromatic N) is 8. The van der Waals surface area contributed by atoms with E-state index >= 15 is 0 Å². The van der Waals surface area contributed by atoms with Gasteiger partial charge in [-0.2, -0.15) is 79.0 Å². The standard InChI is InChI=1S/C50H40F18N8O3/c51-45(52,53)33-1-3-41(31(17-33)27-75(43-69-21-39(22-70-43)73-5-9-77-10-6-73)25-29-13-35(47(57,58)59)19-36(14-29)48(60,61)62)79-42-4-2-34(46(54,55)56)18-32(42)28-76(44-71-23-40(24-72-44)74-7-11-78-12-8-74)26-30-15-37(49(63,64)65)20-38(16-30)50(66,67)68/h1-4,13-24H,5-12,25-28H2. The van der Waals surface area contributed by atoms with Gasteiger partial charge < -0.3 is 33.8 Å². The number of ether oxygens (including phenoxy) is 3. The summed E-state index contributed by atoms with van der Waals surface area (Å²) in [5.41, 5.74) is -11.4. The highest BCUT2D eigenvalue weighted by Gasteiger charge is 2.40. The van der Waals surface area contributed by atoms with Crippen molar-refractivity contribution in [2.45, 2.75) is 63.2 Å². The molecule has 4 aromatic carbocycles. The minimum atomic E-state index is -5.33. The average molecular weight is 1140 g/mol. The number of anilines is 4. The molecule has 0 saturated carbocycles. The molecule has 2 aliphatic heterocycles. The van der Waals surface area contributed by atoms with Crippen molar-refractivity contribution in [1.29, 1.82) is 0 Å². The van der Waals surface area contributed by atoms with Gasteiger partial charge in [0.05, 0.1) is 96.0 Å². The van der Waals surface area contributed by atoms with E-state index in [1.54, 1.807) is 9.80 Å². The summed E-state index contributed by atoms with van der Waals surface area (Å²) in [6, 6.07) is 4.60. The molecular formula is C50H40F18N8O3. The maximum absolute atomic E-state index is 14.5. The number of morpholine rings is 2. The number of rotatable bonds is 14. The molecule has 8 rings (SSSR count). The van der Waals surface area contributed by atoms with Gasteiger partial charge in [-0.25, -0.2) is 19.9 Å². The number of alkyl halides is 18. The maximum Gasteiger partial charge on any atom is 0.416 e. The van der Waals surface area contributed by atoms with Gasteiger partial charge in [-0.3, -0.25) is 0 Å². The Morgan fingerprint density at radius 2 is 0.671 bits per heavy atom. The number of aromatic nitrogens is 4. The van der Waals surface area contributed by atoms with Crippen LogP contribution in [0.3, 0.4) is 0 Å².